The van der Waals surface area contributed by atoms with Crippen LogP contribution in [-0.2, 0) is 22.6 Å². The van der Waals surface area contributed by atoms with Crippen LogP contribution in [0.25, 0.3) is 0 Å². The fraction of sp³-hybridized carbons (Fsp3) is 0.250. The molecule has 0 aliphatic carbocycles. The molecule has 0 aliphatic heterocycles. The first-order valence-electron chi connectivity index (χ1n) is 5.68. The SMILES string of the molecule is Cc1nn(C)c(CS(=O)(=O)c2ccc(Br)cc2N)c1Cl. The van der Waals surface area contributed by atoms with Crippen LogP contribution in [0.2, 0.25) is 5.02 Å². The van der Waals surface area contributed by atoms with Gasteiger partial charge in [0.15, 0.2) is 9.84 Å². The van der Waals surface area contributed by atoms with Crippen LogP contribution in [0.5, 0.6) is 0 Å². The van der Waals surface area contributed by atoms with Crippen LogP contribution in [0.4, 0.5) is 5.69 Å². The number of sulfone groups is 1. The van der Waals surface area contributed by atoms with E-state index in [-0.39, 0.29) is 16.3 Å². The maximum absolute atomic E-state index is 12.5. The van der Waals surface area contributed by atoms with Crippen molar-refractivity contribution in [3.8, 4) is 0 Å². The molecule has 0 amide bonds. The Hall–Kier alpha value is -1.05. The molecule has 0 spiro atoms. The van der Waals surface area contributed by atoms with Crippen molar-refractivity contribution in [1.29, 1.82) is 0 Å². The number of aromatic nitrogens is 2. The second-order valence-corrected chi connectivity index (χ2v) is 7.66. The molecule has 0 fully saturated rings. The predicted octanol–water partition coefficient (Wildman–Crippen LogP) is 2.70. The highest BCUT2D eigenvalue weighted by atomic mass is 79.9. The van der Waals surface area contributed by atoms with Crippen molar-refractivity contribution < 1.29 is 8.42 Å². The number of rotatable bonds is 3. The monoisotopic (exact) mass is 377 g/mol. The molecule has 0 saturated heterocycles. The van der Waals surface area contributed by atoms with Crippen LogP contribution in [0.3, 0.4) is 0 Å². The van der Waals surface area contributed by atoms with Gasteiger partial charge in [-0.1, -0.05) is 27.5 Å². The summed E-state index contributed by atoms with van der Waals surface area (Å²) in [6.07, 6.45) is 0. The molecule has 2 aromatic rings. The summed E-state index contributed by atoms with van der Waals surface area (Å²) in [6, 6.07) is 4.67. The minimum absolute atomic E-state index is 0.0932. The minimum Gasteiger partial charge on any atom is -0.398 e. The third-order valence-electron chi connectivity index (χ3n) is 2.90. The van der Waals surface area contributed by atoms with Crippen molar-refractivity contribution in [2.75, 3.05) is 5.73 Å². The summed E-state index contributed by atoms with van der Waals surface area (Å²) >= 11 is 9.33. The van der Waals surface area contributed by atoms with Gasteiger partial charge in [-0.25, -0.2) is 8.42 Å². The van der Waals surface area contributed by atoms with Gasteiger partial charge in [0.05, 0.1) is 32.7 Å². The van der Waals surface area contributed by atoms with E-state index in [2.05, 4.69) is 21.0 Å². The molecule has 0 bridgehead atoms. The van der Waals surface area contributed by atoms with Crippen molar-refractivity contribution in [3.63, 3.8) is 0 Å². The maximum atomic E-state index is 12.5. The summed E-state index contributed by atoms with van der Waals surface area (Å²) in [5, 5.41) is 4.47. The Bertz CT molecular complexity index is 771. The van der Waals surface area contributed by atoms with E-state index in [0.29, 0.717) is 16.4 Å². The van der Waals surface area contributed by atoms with Crippen LogP contribution in [0, 0.1) is 6.92 Å². The normalized spacial score (nSPS) is 11.8. The van der Waals surface area contributed by atoms with E-state index in [1.54, 1.807) is 26.1 Å². The van der Waals surface area contributed by atoms with E-state index in [4.69, 9.17) is 17.3 Å². The fourth-order valence-corrected chi connectivity index (χ4v) is 4.12. The van der Waals surface area contributed by atoms with Crippen LogP contribution in [-0.4, -0.2) is 18.2 Å². The number of aryl methyl sites for hydroxylation is 2. The molecule has 0 radical (unpaired) electrons. The first-order valence-corrected chi connectivity index (χ1v) is 8.50. The summed E-state index contributed by atoms with van der Waals surface area (Å²) in [5.41, 5.74) is 7.03. The average molecular weight is 379 g/mol. The molecule has 2 N–H and O–H groups in total. The Morgan fingerprint density at radius 1 is 1.45 bits per heavy atom. The Labute approximate surface area is 130 Å². The molecular formula is C12H13BrClN3O2S. The first kappa shape index (κ1) is 15.3. The highest BCUT2D eigenvalue weighted by Gasteiger charge is 2.23. The molecule has 0 aliphatic rings. The van der Waals surface area contributed by atoms with E-state index in [1.807, 2.05) is 0 Å². The molecule has 20 heavy (non-hydrogen) atoms. The molecule has 5 nitrogen and oxygen atoms in total. The van der Waals surface area contributed by atoms with Gasteiger partial charge in [-0.05, 0) is 25.1 Å². The van der Waals surface area contributed by atoms with E-state index >= 15 is 0 Å². The van der Waals surface area contributed by atoms with Gasteiger partial charge in [-0.15, -0.1) is 0 Å². The highest BCUT2D eigenvalue weighted by Crippen LogP contribution is 2.28. The third-order valence-corrected chi connectivity index (χ3v) is 5.58. The zero-order valence-corrected chi connectivity index (χ0v) is 14.1. The maximum Gasteiger partial charge on any atom is 0.186 e. The summed E-state index contributed by atoms with van der Waals surface area (Å²) in [7, 11) is -1.92. The Morgan fingerprint density at radius 3 is 2.60 bits per heavy atom. The second-order valence-electron chi connectivity index (χ2n) is 4.41. The molecule has 0 atom stereocenters. The third kappa shape index (κ3) is 2.84. The number of halogens is 2. The lowest BCUT2D eigenvalue weighted by molar-refractivity contribution is 0.592. The van der Waals surface area contributed by atoms with Crippen molar-refractivity contribution in [3.05, 3.63) is 39.1 Å². The largest absolute Gasteiger partial charge is 0.398 e. The van der Waals surface area contributed by atoms with Gasteiger partial charge in [0.1, 0.15) is 0 Å². The fourth-order valence-electron chi connectivity index (χ4n) is 1.90. The molecule has 1 aromatic carbocycles. The van der Waals surface area contributed by atoms with Crippen LogP contribution < -0.4 is 5.73 Å². The van der Waals surface area contributed by atoms with E-state index in [9.17, 15) is 8.42 Å². The zero-order valence-electron chi connectivity index (χ0n) is 10.9. The van der Waals surface area contributed by atoms with Crippen molar-refractivity contribution in [2.24, 2.45) is 7.05 Å². The molecule has 2 rings (SSSR count). The van der Waals surface area contributed by atoms with Gasteiger partial charge in [-0.3, -0.25) is 4.68 Å². The molecule has 1 aromatic heterocycles. The van der Waals surface area contributed by atoms with Crippen LogP contribution >= 0.6 is 27.5 Å². The zero-order chi connectivity index (χ0) is 15.1. The van der Waals surface area contributed by atoms with Gasteiger partial charge in [0, 0.05) is 11.5 Å². The van der Waals surface area contributed by atoms with Crippen molar-refractivity contribution >= 4 is 43.1 Å². The molecule has 108 valence electrons. The first-order chi connectivity index (χ1) is 9.22. The smallest absolute Gasteiger partial charge is 0.186 e. The standard InChI is InChI=1S/C12H13BrClN3O2S/c1-7-12(14)10(17(2)16-7)6-20(18,19)11-4-3-8(13)5-9(11)15/h3-5H,6,15H2,1-2H3. The van der Waals surface area contributed by atoms with Gasteiger partial charge < -0.3 is 5.73 Å². The van der Waals surface area contributed by atoms with Gasteiger partial charge >= 0.3 is 0 Å². The number of hydrogen-bond acceptors (Lipinski definition) is 4. The quantitative estimate of drug-likeness (QED) is 0.833. The van der Waals surface area contributed by atoms with Crippen LogP contribution in [0.1, 0.15) is 11.4 Å². The second kappa shape index (κ2) is 5.38. The van der Waals surface area contributed by atoms with Gasteiger partial charge in [0.25, 0.3) is 0 Å². The summed E-state index contributed by atoms with van der Waals surface area (Å²) in [6.45, 7) is 1.73. The lowest BCUT2D eigenvalue weighted by atomic mass is 10.3. The lowest BCUT2D eigenvalue weighted by Crippen LogP contribution is -2.11. The van der Waals surface area contributed by atoms with Gasteiger partial charge in [0.2, 0.25) is 0 Å². The van der Waals surface area contributed by atoms with E-state index < -0.39 is 9.84 Å². The van der Waals surface area contributed by atoms with Crippen LogP contribution in [0.15, 0.2) is 27.6 Å². The molecule has 8 heteroatoms. The summed E-state index contributed by atoms with van der Waals surface area (Å²) in [5.74, 6) is -0.241. The van der Waals surface area contributed by atoms with Crippen molar-refractivity contribution in [2.45, 2.75) is 17.6 Å². The molecular weight excluding hydrogens is 366 g/mol. The number of anilines is 1. The van der Waals surface area contributed by atoms with Gasteiger partial charge in [-0.2, -0.15) is 5.10 Å². The minimum atomic E-state index is -3.58. The summed E-state index contributed by atoms with van der Waals surface area (Å²) < 4.78 is 27.1. The Kier molecular flexibility index (Phi) is 4.13. The molecule has 0 saturated carbocycles. The molecule has 1 heterocycles. The molecule has 0 unspecified atom stereocenters. The highest BCUT2D eigenvalue weighted by molar-refractivity contribution is 9.10. The average Bonchev–Trinajstić information content (AvgIpc) is 2.55. The number of benzene rings is 1. The number of nitrogens with zero attached hydrogens (tertiary/aromatic N) is 2. The number of nitrogen functional groups attached to an aromatic ring is 1. The Balaban J connectivity index is 2.46. The topological polar surface area (TPSA) is 78.0 Å². The Morgan fingerprint density at radius 2 is 2.10 bits per heavy atom. The van der Waals surface area contributed by atoms with Crippen molar-refractivity contribution in [1.82, 2.24) is 9.78 Å². The van der Waals surface area contributed by atoms with E-state index in [0.717, 1.165) is 4.47 Å². The predicted molar refractivity (Wildman–Crippen MR) is 82.4 cm³/mol. The van der Waals surface area contributed by atoms with E-state index in [1.165, 1.54) is 10.7 Å². The lowest BCUT2D eigenvalue weighted by Gasteiger charge is -2.08. The number of nitrogens with two attached hydrogens (primary N) is 1. The number of hydrogen-bond donors (Lipinski definition) is 1. The summed E-state index contributed by atoms with van der Waals surface area (Å²) in [4.78, 5) is 0.0932.